The molecule has 0 rings (SSSR count). The van der Waals surface area contributed by atoms with Gasteiger partial charge in [-0.05, 0) is 64.2 Å². The van der Waals surface area contributed by atoms with E-state index in [1.807, 2.05) is 0 Å². The summed E-state index contributed by atoms with van der Waals surface area (Å²) in [7, 11) is -2.94. The number of nitrogens with two attached hydrogens (primary N) is 2. The Labute approximate surface area is 112 Å². The minimum atomic E-state index is -1.47. The highest BCUT2D eigenvalue weighted by Gasteiger charge is 2.31. The van der Waals surface area contributed by atoms with Gasteiger partial charge >= 0.3 is 0 Å². The summed E-state index contributed by atoms with van der Waals surface area (Å²) < 4.78 is 6.40. The van der Waals surface area contributed by atoms with E-state index >= 15 is 0 Å². The molecule has 17 heavy (non-hydrogen) atoms. The molecule has 0 aromatic rings. The molecule has 0 fully saturated rings. The van der Waals surface area contributed by atoms with Gasteiger partial charge in [-0.25, -0.2) is 0 Å². The van der Waals surface area contributed by atoms with Crippen LogP contribution in [0.4, 0.5) is 0 Å². The lowest BCUT2D eigenvalue weighted by molar-refractivity contribution is 0.531. The molecule has 0 amide bonds. The van der Waals surface area contributed by atoms with Gasteiger partial charge in [-0.2, -0.15) is 0 Å². The molecule has 108 valence electrons. The second-order valence-corrected chi connectivity index (χ2v) is 14.3. The normalized spacial score (nSPS) is 11.6. The van der Waals surface area contributed by atoms with Crippen LogP contribution in [-0.2, 0) is 4.12 Å². The van der Waals surface area contributed by atoms with Crippen molar-refractivity contribution in [1.29, 1.82) is 0 Å². The van der Waals surface area contributed by atoms with Crippen LogP contribution in [0.5, 0.6) is 0 Å². The zero-order valence-corrected chi connectivity index (χ0v) is 12.8. The minimum Gasteiger partial charge on any atom is -0.455 e. The largest absolute Gasteiger partial charge is 0.455 e. The summed E-state index contributed by atoms with van der Waals surface area (Å²) in [6, 6.07) is 2.37. The minimum absolute atomic E-state index is 0. The highest BCUT2D eigenvalue weighted by Crippen LogP contribution is 2.23. The fourth-order valence-electron chi connectivity index (χ4n) is 1.91. The molecule has 0 aromatic carbocycles. The number of rotatable bonds is 8. The first-order valence-corrected chi connectivity index (χ1v) is 12.2. The van der Waals surface area contributed by atoms with E-state index < -0.39 is 16.6 Å². The Morgan fingerprint density at radius 1 is 0.765 bits per heavy atom. The van der Waals surface area contributed by atoms with E-state index in [1.54, 1.807) is 0 Å². The van der Waals surface area contributed by atoms with E-state index in [-0.39, 0.29) is 14.9 Å². The van der Waals surface area contributed by atoms with Crippen molar-refractivity contribution < 1.29 is 4.12 Å². The van der Waals surface area contributed by atoms with Crippen molar-refractivity contribution >= 4 is 16.6 Å². The molecule has 0 aliphatic rings. The van der Waals surface area contributed by atoms with Crippen molar-refractivity contribution in [2.75, 3.05) is 13.1 Å². The molecule has 3 nitrogen and oxygen atoms in total. The maximum atomic E-state index is 6.40. The maximum Gasteiger partial charge on any atom is 0.173 e. The predicted octanol–water partition coefficient (Wildman–Crippen LogP) is 3.38. The first kappa shape index (κ1) is 22.5. The molecule has 0 saturated carbocycles. The Balaban J connectivity index is -0.000000980. The average Bonchev–Trinajstić information content (AvgIpc) is 2.10. The van der Waals surface area contributed by atoms with Gasteiger partial charge in [-0.3, -0.25) is 0 Å². The SMILES string of the molecule is C.C.C[Si](C)(CCCN)O[Si](C)(C)CCCN. The van der Waals surface area contributed by atoms with E-state index in [0.717, 1.165) is 25.9 Å². The molecule has 0 atom stereocenters. The molecular formula is C12H36N2OSi2. The van der Waals surface area contributed by atoms with Gasteiger partial charge in [0.1, 0.15) is 0 Å². The molecule has 0 unspecified atom stereocenters. The van der Waals surface area contributed by atoms with E-state index in [9.17, 15) is 0 Å². The van der Waals surface area contributed by atoms with E-state index in [0.29, 0.717) is 0 Å². The lowest BCUT2D eigenvalue weighted by Gasteiger charge is -2.34. The van der Waals surface area contributed by atoms with E-state index in [1.165, 1.54) is 12.1 Å². The Morgan fingerprint density at radius 2 is 1.06 bits per heavy atom. The fraction of sp³-hybridized carbons (Fsp3) is 1.00. The second kappa shape index (κ2) is 10.3. The lowest BCUT2D eigenvalue weighted by Crippen LogP contribution is -2.44. The topological polar surface area (TPSA) is 61.3 Å². The van der Waals surface area contributed by atoms with Crippen LogP contribution in [-0.4, -0.2) is 29.7 Å². The van der Waals surface area contributed by atoms with Crippen LogP contribution >= 0.6 is 0 Å². The summed E-state index contributed by atoms with van der Waals surface area (Å²) in [4.78, 5) is 0. The van der Waals surface area contributed by atoms with Gasteiger partial charge in [0.05, 0.1) is 0 Å². The first-order valence-electron chi connectivity index (χ1n) is 5.93. The zero-order valence-electron chi connectivity index (χ0n) is 10.8. The molecule has 5 heteroatoms. The highest BCUT2D eigenvalue weighted by atomic mass is 28.4. The lowest BCUT2D eigenvalue weighted by atomic mass is 10.5. The van der Waals surface area contributed by atoms with E-state index in [4.69, 9.17) is 15.6 Å². The smallest absolute Gasteiger partial charge is 0.173 e. The summed E-state index contributed by atoms with van der Waals surface area (Å²) in [6.07, 6.45) is 2.20. The van der Waals surface area contributed by atoms with Crippen LogP contribution in [0.25, 0.3) is 0 Å². The van der Waals surface area contributed by atoms with Crippen molar-refractivity contribution in [2.45, 2.75) is 66.0 Å². The highest BCUT2D eigenvalue weighted by molar-refractivity contribution is 6.84. The maximum absolute atomic E-state index is 6.40. The molecule has 0 spiro atoms. The first-order chi connectivity index (χ1) is 6.83. The van der Waals surface area contributed by atoms with Crippen molar-refractivity contribution in [3.63, 3.8) is 0 Å². The number of hydrogen-bond donors (Lipinski definition) is 2. The standard InChI is InChI=1S/C10H28N2OSi2.2CH4/c1-14(2,9-5-7-11)13-15(3,4)10-6-8-12;;/h5-12H2,1-4H3;2*1H4. The molecule has 0 saturated heterocycles. The van der Waals surface area contributed by atoms with Gasteiger partial charge in [0.15, 0.2) is 16.6 Å². The zero-order chi connectivity index (χ0) is 11.9. The third-order valence-electron chi connectivity index (χ3n) is 2.52. The molecule has 0 aliphatic heterocycles. The quantitative estimate of drug-likeness (QED) is 0.670. The van der Waals surface area contributed by atoms with Gasteiger partial charge in [0.25, 0.3) is 0 Å². The van der Waals surface area contributed by atoms with E-state index in [2.05, 4.69) is 26.2 Å². The second-order valence-electron chi connectivity index (χ2n) is 5.41. The fourth-order valence-corrected chi connectivity index (χ4v) is 10.8. The molecule has 0 aromatic heterocycles. The third kappa shape index (κ3) is 12.6. The van der Waals surface area contributed by atoms with Gasteiger partial charge in [0.2, 0.25) is 0 Å². The van der Waals surface area contributed by atoms with Crippen LogP contribution in [0.2, 0.25) is 38.3 Å². The molecule has 0 aliphatic carbocycles. The van der Waals surface area contributed by atoms with Crippen LogP contribution in [0.1, 0.15) is 27.7 Å². The van der Waals surface area contributed by atoms with Crippen LogP contribution < -0.4 is 11.5 Å². The van der Waals surface area contributed by atoms with Gasteiger partial charge in [0, 0.05) is 0 Å². The van der Waals surface area contributed by atoms with Crippen molar-refractivity contribution in [2.24, 2.45) is 11.5 Å². The monoisotopic (exact) mass is 280 g/mol. The summed E-state index contributed by atoms with van der Waals surface area (Å²) in [5, 5.41) is 0. The van der Waals surface area contributed by atoms with Gasteiger partial charge in [-0.1, -0.05) is 14.9 Å². The van der Waals surface area contributed by atoms with Crippen molar-refractivity contribution in [1.82, 2.24) is 0 Å². The molecule has 4 N–H and O–H groups in total. The summed E-state index contributed by atoms with van der Waals surface area (Å²) in [6.45, 7) is 10.8. The Morgan fingerprint density at radius 3 is 1.29 bits per heavy atom. The average molecular weight is 281 g/mol. The Hall–Kier alpha value is 0.314. The van der Waals surface area contributed by atoms with Crippen molar-refractivity contribution in [3.8, 4) is 0 Å². The summed E-state index contributed by atoms with van der Waals surface area (Å²) >= 11 is 0. The molecule has 0 bridgehead atoms. The van der Waals surface area contributed by atoms with Crippen LogP contribution in [0.3, 0.4) is 0 Å². The molecule has 0 heterocycles. The third-order valence-corrected chi connectivity index (χ3v) is 10.1. The molecule has 0 radical (unpaired) electrons. The van der Waals surface area contributed by atoms with Crippen LogP contribution in [0.15, 0.2) is 0 Å². The van der Waals surface area contributed by atoms with Crippen LogP contribution in [0, 0.1) is 0 Å². The van der Waals surface area contributed by atoms with Gasteiger partial charge in [-0.15, -0.1) is 0 Å². The van der Waals surface area contributed by atoms with Crippen molar-refractivity contribution in [3.05, 3.63) is 0 Å². The Bertz CT molecular complexity index is 158. The van der Waals surface area contributed by atoms with Gasteiger partial charge < -0.3 is 15.6 Å². The summed E-state index contributed by atoms with van der Waals surface area (Å²) in [5.41, 5.74) is 11.1. The number of hydrogen-bond acceptors (Lipinski definition) is 3. The molecular weight excluding hydrogens is 244 g/mol. The predicted molar refractivity (Wildman–Crippen MR) is 86.5 cm³/mol. The summed E-state index contributed by atoms with van der Waals surface area (Å²) in [5.74, 6) is 0. The Kier molecular flexibility index (Phi) is 13.6.